The highest BCUT2D eigenvalue weighted by Gasteiger charge is 2.29. The molecule has 0 unspecified atom stereocenters. The van der Waals surface area contributed by atoms with Gasteiger partial charge >= 0.3 is 0 Å². The molecule has 3 heteroatoms. The first-order valence-corrected chi connectivity index (χ1v) is 6.53. The van der Waals surface area contributed by atoms with Gasteiger partial charge in [0, 0.05) is 6.54 Å². The molecule has 96 valence electrons. The van der Waals surface area contributed by atoms with Crippen LogP contribution in [0.3, 0.4) is 0 Å². The third-order valence-electron chi connectivity index (χ3n) is 3.65. The van der Waals surface area contributed by atoms with Gasteiger partial charge in [0.25, 0.3) is 0 Å². The first-order valence-electron chi connectivity index (χ1n) is 6.53. The molecular weight excluding hydrogens is 224 g/mol. The molecule has 0 N–H and O–H groups in total. The van der Waals surface area contributed by atoms with Crippen LogP contribution >= 0.6 is 0 Å². The van der Waals surface area contributed by atoms with E-state index in [0.717, 1.165) is 38.2 Å². The van der Waals surface area contributed by atoms with E-state index >= 15 is 0 Å². The fourth-order valence-electron chi connectivity index (χ4n) is 2.19. The summed E-state index contributed by atoms with van der Waals surface area (Å²) in [6.45, 7) is 5.72. The van der Waals surface area contributed by atoms with E-state index in [9.17, 15) is 0 Å². The van der Waals surface area contributed by atoms with Gasteiger partial charge in [0.1, 0.15) is 12.4 Å². The third-order valence-corrected chi connectivity index (χ3v) is 3.65. The minimum absolute atomic E-state index is 0.114. The molecular formula is C15H20N2O. The van der Waals surface area contributed by atoms with Crippen molar-refractivity contribution in [2.24, 2.45) is 5.41 Å². The largest absolute Gasteiger partial charge is 0.492 e. The van der Waals surface area contributed by atoms with E-state index in [0.29, 0.717) is 6.61 Å². The highest BCUT2D eigenvalue weighted by atomic mass is 16.5. The first kappa shape index (κ1) is 12.9. The van der Waals surface area contributed by atoms with E-state index in [4.69, 9.17) is 10.00 Å². The molecule has 1 heterocycles. The lowest BCUT2D eigenvalue weighted by Gasteiger charge is -2.34. The number of hydrogen-bond acceptors (Lipinski definition) is 3. The zero-order valence-corrected chi connectivity index (χ0v) is 10.9. The van der Waals surface area contributed by atoms with Gasteiger partial charge in [-0.15, -0.1) is 0 Å². The van der Waals surface area contributed by atoms with Crippen molar-refractivity contribution in [1.82, 2.24) is 4.90 Å². The van der Waals surface area contributed by atoms with Crippen molar-refractivity contribution in [3.05, 3.63) is 30.3 Å². The number of piperidine rings is 1. The van der Waals surface area contributed by atoms with Gasteiger partial charge in [0.05, 0.1) is 11.5 Å². The Bertz CT molecular complexity index is 402. The molecule has 2 rings (SSSR count). The van der Waals surface area contributed by atoms with E-state index in [1.165, 1.54) is 0 Å². The van der Waals surface area contributed by atoms with Crippen LogP contribution in [0.5, 0.6) is 5.75 Å². The van der Waals surface area contributed by atoms with Gasteiger partial charge in [-0.25, -0.2) is 0 Å². The average Bonchev–Trinajstić information content (AvgIpc) is 2.42. The normalized spacial score (nSPS) is 19.1. The number of hydrogen-bond donors (Lipinski definition) is 0. The summed E-state index contributed by atoms with van der Waals surface area (Å²) in [5, 5.41) is 9.07. The molecule has 1 aromatic carbocycles. The second-order valence-corrected chi connectivity index (χ2v) is 5.18. The molecule has 0 saturated carbocycles. The minimum Gasteiger partial charge on any atom is -0.492 e. The Morgan fingerprint density at radius 3 is 2.56 bits per heavy atom. The second kappa shape index (κ2) is 5.88. The van der Waals surface area contributed by atoms with E-state index < -0.39 is 0 Å². The zero-order chi connectivity index (χ0) is 12.8. The molecule has 0 spiro atoms. The van der Waals surface area contributed by atoms with Crippen molar-refractivity contribution in [2.75, 3.05) is 26.2 Å². The molecule has 1 aliphatic heterocycles. The zero-order valence-electron chi connectivity index (χ0n) is 10.9. The topological polar surface area (TPSA) is 36.3 Å². The monoisotopic (exact) mass is 244 g/mol. The summed E-state index contributed by atoms with van der Waals surface area (Å²) in [5.74, 6) is 0.927. The van der Waals surface area contributed by atoms with Crippen LogP contribution in [0.4, 0.5) is 0 Å². The molecule has 0 aliphatic carbocycles. The number of rotatable bonds is 4. The van der Waals surface area contributed by atoms with E-state index in [2.05, 4.69) is 17.9 Å². The third kappa shape index (κ3) is 3.48. The number of likely N-dealkylation sites (tertiary alicyclic amines) is 1. The van der Waals surface area contributed by atoms with Gasteiger partial charge in [0.15, 0.2) is 0 Å². The van der Waals surface area contributed by atoms with E-state index in [1.54, 1.807) is 0 Å². The molecule has 3 nitrogen and oxygen atoms in total. The van der Waals surface area contributed by atoms with Crippen molar-refractivity contribution in [2.45, 2.75) is 19.8 Å². The summed E-state index contributed by atoms with van der Waals surface area (Å²) in [6.07, 6.45) is 1.93. The van der Waals surface area contributed by atoms with E-state index in [-0.39, 0.29) is 5.41 Å². The smallest absolute Gasteiger partial charge is 0.119 e. The molecule has 0 atom stereocenters. The van der Waals surface area contributed by atoms with Crippen molar-refractivity contribution >= 4 is 0 Å². The van der Waals surface area contributed by atoms with Crippen LogP contribution in [0.2, 0.25) is 0 Å². The predicted molar refractivity (Wildman–Crippen MR) is 71.3 cm³/mol. The molecule has 0 amide bonds. The van der Waals surface area contributed by atoms with Gasteiger partial charge in [-0.3, -0.25) is 4.90 Å². The molecule has 18 heavy (non-hydrogen) atoms. The van der Waals surface area contributed by atoms with Gasteiger partial charge in [0.2, 0.25) is 0 Å². The Morgan fingerprint density at radius 2 is 1.94 bits per heavy atom. The minimum atomic E-state index is -0.114. The average molecular weight is 244 g/mol. The fraction of sp³-hybridized carbons (Fsp3) is 0.533. The highest BCUT2D eigenvalue weighted by Crippen LogP contribution is 2.29. The van der Waals surface area contributed by atoms with Crippen LogP contribution in [-0.2, 0) is 0 Å². The summed E-state index contributed by atoms with van der Waals surface area (Å²) >= 11 is 0. The van der Waals surface area contributed by atoms with Crippen LogP contribution in [0.25, 0.3) is 0 Å². The van der Waals surface area contributed by atoms with Gasteiger partial charge < -0.3 is 4.74 Å². The lowest BCUT2D eigenvalue weighted by Crippen LogP contribution is -2.39. The number of nitrogens with zero attached hydrogens (tertiary/aromatic N) is 2. The highest BCUT2D eigenvalue weighted by molar-refractivity contribution is 5.20. The van der Waals surface area contributed by atoms with E-state index in [1.807, 2.05) is 30.3 Å². The molecule has 1 aromatic rings. The maximum absolute atomic E-state index is 9.07. The summed E-state index contributed by atoms with van der Waals surface area (Å²) in [5.41, 5.74) is -0.114. The first-order chi connectivity index (χ1) is 8.72. The summed E-state index contributed by atoms with van der Waals surface area (Å²) in [6, 6.07) is 12.3. The van der Waals surface area contributed by atoms with Crippen LogP contribution < -0.4 is 4.74 Å². The van der Waals surface area contributed by atoms with Crippen molar-refractivity contribution in [3.63, 3.8) is 0 Å². The molecule has 1 aliphatic rings. The Hall–Kier alpha value is -1.53. The number of ether oxygens (including phenoxy) is 1. The summed E-state index contributed by atoms with van der Waals surface area (Å²) in [7, 11) is 0. The molecule has 1 saturated heterocycles. The van der Waals surface area contributed by atoms with Crippen LogP contribution in [-0.4, -0.2) is 31.1 Å². The van der Waals surface area contributed by atoms with Crippen LogP contribution in [0, 0.1) is 16.7 Å². The second-order valence-electron chi connectivity index (χ2n) is 5.18. The molecule has 1 fully saturated rings. The Balaban J connectivity index is 1.69. The number of para-hydroxylation sites is 1. The standard InChI is InChI=1S/C15H20N2O/c1-15(13-16)7-9-17(10-8-15)11-12-18-14-5-3-2-4-6-14/h2-6H,7-12H2,1H3. The molecule has 0 bridgehead atoms. The van der Waals surface area contributed by atoms with Crippen molar-refractivity contribution in [3.8, 4) is 11.8 Å². The maximum atomic E-state index is 9.07. The van der Waals surface area contributed by atoms with Crippen LogP contribution in [0.15, 0.2) is 30.3 Å². The van der Waals surface area contributed by atoms with Gasteiger partial charge in [-0.2, -0.15) is 5.26 Å². The Kier molecular flexibility index (Phi) is 4.22. The summed E-state index contributed by atoms with van der Waals surface area (Å²) < 4.78 is 5.68. The summed E-state index contributed by atoms with van der Waals surface area (Å²) in [4.78, 5) is 2.38. The molecule has 0 radical (unpaired) electrons. The van der Waals surface area contributed by atoms with Crippen molar-refractivity contribution < 1.29 is 4.74 Å². The predicted octanol–water partition coefficient (Wildman–Crippen LogP) is 2.69. The lowest BCUT2D eigenvalue weighted by molar-refractivity contribution is 0.135. The quantitative estimate of drug-likeness (QED) is 0.817. The van der Waals surface area contributed by atoms with Gasteiger partial charge in [-0.1, -0.05) is 18.2 Å². The fourth-order valence-corrected chi connectivity index (χ4v) is 2.19. The van der Waals surface area contributed by atoms with Crippen molar-refractivity contribution in [1.29, 1.82) is 5.26 Å². The Morgan fingerprint density at radius 1 is 1.28 bits per heavy atom. The number of benzene rings is 1. The molecule has 0 aromatic heterocycles. The SMILES string of the molecule is CC1(C#N)CCN(CCOc2ccccc2)CC1. The van der Waals surface area contributed by atoms with Crippen LogP contribution in [0.1, 0.15) is 19.8 Å². The Labute approximate surface area is 109 Å². The van der Waals surface area contributed by atoms with Gasteiger partial charge in [-0.05, 0) is 45.0 Å². The maximum Gasteiger partial charge on any atom is 0.119 e. The lowest BCUT2D eigenvalue weighted by atomic mass is 9.82. The number of nitriles is 1.